The summed E-state index contributed by atoms with van der Waals surface area (Å²) >= 11 is 1.60. The molecule has 0 bridgehead atoms. The molecule has 172 valence electrons. The lowest BCUT2D eigenvalue weighted by Crippen LogP contribution is -2.49. The zero-order valence-electron chi connectivity index (χ0n) is 18.7. The van der Waals surface area contributed by atoms with Crippen LogP contribution in [0.15, 0.2) is 48.4 Å². The van der Waals surface area contributed by atoms with Crippen LogP contribution in [0.1, 0.15) is 48.1 Å². The normalized spacial score (nSPS) is 14.1. The summed E-state index contributed by atoms with van der Waals surface area (Å²) in [7, 11) is 0. The van der Waals surface area contributed by atoms with Gasteiger partial charge in [0.05, 0.1) is 6.54 Å². The van der Waals surface area contributed by atoms with Crippen LogP contribution in [-0.4, -0.2) is 40.9 Å². The van der Waals surface area contributed by atoms with E-state index in [-0.39, 0.29) is 30.3 Å². The van der Waals surface area contributed by atoms with Crippen molar-refractivity contribution in [3.63, 3.8) is 0 Å². The van der Waals surface area contributed by atoms with Crippen molar-refractivity contribution in [3.05, 3.63) is 70.2 Å². The van der Waals surface area contributed by atoms with Crippen LogP contribution in [0.25, 0.3) is 0 Å². The van der Waals surface area contributed by atoms with Gasteiger partial charge in [-0.3, -0.25) is 4.79 Å². The summed E-state index contributed by atoms with van der Waals surface area (Å²) in [6.07, 6.45) is 7.06. The number of aryl methyl sites for hydroxylation is 1. The topological polar surface area (TPSA) is 52.7 Å². The van der Waals surface area contributed by atoms with Crippen LogP contribution in [0, 0.1) is 12.7 Å². The molecule has 0 spiro atoms. The first-order valence-corrected chi connectivity index (χ1v) is 12.1. The molecule has 1 N–H and O–H groups in total. The van der Waals surface area contributed by atoms with Gasteiger partial charge in [0.15, 0.2) is 0 Å². The zero-order chi connectivity index (χ0) is 22.9. The molecule has 0 aliphatic heterocycles. The molecule has 7 heteroatoms. The van der Waals surface area contributed by atoms with Gasteiger partial charge in [-0.15, -0.1) is 17.9 Å². The second-order valence-corrected chi connectivity index (χ2v) is 9.36. The summed E-state index contributed by atoms with van der Waals surface area (Å²) < 4.78 is 13.3. The van der Waals surface area contributed by atoms with Gasteiger partial charge < -0.3 is 15.1 Å². The molecule has 1 aromatic carbocycles. The fourth-order valence-corrected chi connectivity index (χ4v) is 4.85. The van der Waals surface area contributed by atoms with E-state index in [4.69, 9.17) is 0 Å². The van der Waals surface area contributed by atoms with Crippen molar-refractivity contribution in [2.45, 2.75) is 58.2 Å². The number of hydrogen-bond donors (Lipinski definition) is 1. The minimum absolute atomic E-state index is 0.0316. The number of hydrogen-bond acceptors (Lipinski definition) is 3. The smallest absolute Gasteiger partial charge is 0.318 e. The second kappa shape index (κ2) is 11.8. The number of halogens is 1. The third-order valence-corrected chi connectivity index (χ3v) is 6.85. The molecule has 0 atom stereocenters. The predicted octanol–water partition coefficient (Wildman–Crippen LogP) is 5.25. The molecule has 0 unspecified atom stereocenters. The first-order chi connectivity index (χ1) is 15.5. The number of urea groups is 1. The largest absolute Gasteiger partial charge is 0.335 e. The van der Waals surface area contributed by atoms with Gasteiger partial charge in [-0.1, -0.05) is 37.5 Å². The average Bonchev–Trinajstić information content (AvgIpc) is 3.19. The molecular weight excluding hydrogens is 425 g/mol. The van der Waals surface area contributed by atoms with Gasteiger partial charge in [-0.2, -0.15) is 0 Å². The van der Waals surface area contributed by atoms with E-state index in [1.54, 1.807) is 34.4 Å². The fourth-order valence-electron chi connectivity index (χ4n) is 3.93. The Morgan fingerprint density at radius 1 is 1.12 bits per heavy atom. The average molecular weight is 458 g/mol. The van der Waals surface area contributed by atoms with Crippen LogP contribution in [0.3, 0.4) is 0 Å². The van der Waals surface area contributed by atoms with E-state index in [0.717, 1.165) is 41.7 Å². The van der Waals surface area contributed by atoms with E-state index in [1.807, 2.05) is 18.4 Å². The van der Waals surface area contributed by atoms with E-state index in [9.17, 15) is 14.0 Å². The molecule has 32 heavy (non-hydrogen) atoms. The monoisotopic (exact) mass is 457 g/mol. The van der Waals surface area contributed by atoms with Gasteiger partial charge in [-0.05, 0) is 54.5 Å². The van der Waals surface area contributed by atoms with E-state index in [0.29, 0.717) is 19.6 Å². The first-order valence-electron chi connectivity index (χ1n) is 11.2. The predicted molar refractivity (Wildman–Crippen MR) is 127 cm³/mol. The Labute approximate surface area is 193 Å². The lowest BCUT2D eigenvalue weighted by molar-refractivity contribution is -0.133. The number of thiophene rings is 1. The van der Waals surface area contributed by atoms with Crippen LogP contribution in [0.2, 0.25) is 0 Å². The molecule has 2 aromatic rings. The summed E-state index contributed by atoms with van der Waals surface area (Å²) in [4.78, 5) is 30.6. The second-order valence-electron chi connectivity index (χ2n) is 8.36. The van der Waals surface area contributed by atoms with E-state index in [2.05, 4.69) is 11.9 Å². The maximum absolute atomic E-state index is 13.3. The molecule has 1 aliphatic carbocycles. The van der Waals surface area contributed by atoms with Gasteiger partial charge >= 0.3 is 6.03 Å². The van der Waals surface area contributed by atoms with Crippen molar-refractivity contribution in [3.8, 4) is 0 Å². The molecule has 0 saturated heterocycles. The number of carbonyl (C=O) groups excluding carboxylic acids is 2. The molecular formula is C25H32FN3O2S. The number of amides is 3. The van der Waals surface area contributed by atoms with Crippen molar-refractivity contribution >= 4 is 23.3 Å². The van der Waals surface area contributed by atoms with Gasteiger partial charge in [0, 0.05) is 24.0 Å². The lowest BCUT2D eigenvalue weighted by atomic mass is 9.96. The Morgan fingerprint density at radius 3 is 2.47 bits per heavy atom. The van der Waals surface area contributed by atoms with Gasteiger partial charge in [0.1, 0.15) is 12.4 Å². The third kappa shape index (κ3) is 6.92. The van der Waals surface area contributed by atoms with Crippen LogP contribution in [0.5, 0.6) is 0 Å². The SMILES string of the molecule is C=CCN(CC(=O)N(Cc1ccc(F)cc1)Cc1sccc1C)C(=O)NC1CCCCC1. The molecule has 3 amide bonds. The molecule has 1 fully saturated rings. The highest BCUT2D eigenvalue weighted by Crippen LogP contribution is 2.20. The summed E-state index contributed by atoms with van der Waals surface area (Å²) in [5, 5.41) is 5.09. The third-order valence-electron chi connectivity index (χ3n) is 5.84. The Bertz CT molecular complexity index is 906. The van der Waals surface area contributed by atoms with Gasteiger partial charge in [0.25, 0.3) is 0 Å². The Hall–Kier alpha value is -2.67. The quantitative estimate of drug-likeness (QED) is 0.523. The van der Waals surface area contributed by atoms with Crippen molar-refractivity contribution < 1.29 is 14.0 Å². The van der Waals surface area contributed by atoms with Gasteiger partial charge in [-0.25, -0.2) is 9.18 Å². The summed E-state index contributed by atoms with van der Waals surface area (Å²) in [5.41, 5.74) is 1.97. The summed E-state index contributed by atoms with van der Waals surface area (Å²) in [5.74, 6) is -0.458. The molecule has 1 aromatic heterocycles. The standard InChI is InChI=1S/C25H32FN3O2S/c1-3-14-28(25(31)27-22-7-5-4-6-8-22)18-24(30)29(17-23-19(2)13-15-32-23)16-20-9-11-21(26)12-10-20/h3,9-13,15,22H,1,4-8,14,16-18H2,2H3,(H,27,31). The Morgan fingerprint density at radius 2 is 1.84 bits per heavy atom. The Kier molecular flexibility index (Phi) is 8.85. The van der Waals surface area contributed by atoms with Crippen molar-refractivity contribution in [1.82, 2.24) is 15.1 Å². The highest BCUT2D eigenvalue weighted by Gasteiger charge is 2.24. The van der Waals surface area contributed by atoms with Crippen LogP contribution < -0.4 is 5.32 Å². The Balaban J connectivity index is 1.71. The van der Waals surface area contributed by atoms with Crippen LogP contribution >= 0.6 is 11.3 Å². The maximum atomic E-state index is 13.3. The molecule has 5 nitrogen and oxygen atoms in total. The van der Waals surface area contributed by atoms with Crippen molar-refractivity contribution in [1.29, 1.82) is 0 Å². The minimum atomic E-state index is -0.308. The summed E-state index contributed by atoms with van der Waals surface area (Å²) in [6, 6.07) is 8.15. The lowest BCUT2D eigenvalue weighted by Gasteiger charge is -2.30. The molecule has 1 aliphatic rings. The van der Waals surface area contributed by atoms with Gasteiger partial charge in [0.2, 0.25) is 5.91 Å². The zero-order valence-corrected chi connectivity index (χ0v) is 19.5. The van der Waals surface area contributed by atoms with Crippen molar-refractivity contribution in [2.75, 3.05) is 13.1 Å². The maximum Gasteiger partial charge on any atom is 0.318 e. The highest BCUT2D eigenvalue weighted by molar-refractivity contribution is 7.10. The molecule has 1 heterocycles. The fraction of sp³-hybridized carbons (Fsp3) is 0.440. The number of nitrogens with one attached hydrogen (secondary N) is 1. The van der Waals surface area contributed by atoms with Crippen LogP contribution in [-0.2, 0) is 17.9 Å². The van der Waals surface area contributed by atoms with E-state index >= 15 is 0 Å². The number of carbonyl (C=O) groups is 2. The highest BCUT2D eigenvalue weighted by atomic mass is 32.1. The molecule has 1 saturated carbocycles. The van der Waals surface area contributed by atoms with E-state index < -0.39 is 0 Å². The molecule has 0 radical (unpaired) electrons. The van der Waals surface area contributed by atoms with Crippen molar-refractivity contribution in [2.24, 2.45) is 0 Å². The van der Waals surface area contributed by atoms with Crippen LogP contribution in [0.4, 0.5) is 9.18 Å². The first kappa shape index (κ1) is 24.0. The number of nitrogens with zero attached hydrogens (tertiary/aromatic N) is 2. The number of benzene rings is 1. The van der Waals surface area contributed by atoms with E-state index in [1.165, 1.54) is 23.5 Å². The molecule has 3 rings (SSSR count). The minimum Gasteiger partial charge on any atom is -0.335 e. The summed E-state index contributed by atoms with van der Waals surface area (Å²) in [6.45, 7) is 6.84. The number of rotatable bonds is 9.